The summed E-state index contributed by atoms with van der Waals surface area (Å²) >= 11 is 0. The van der Waals surface area contributed by atoms with Crippen molar-refractivity contribution in [3.05, 3.63) is 0 Å². The molecule has 124 valence electrons. The van der Waals surface area contributed by atoms with Crippen LogP contribution in [-0.2, 0) is 0 Å². The average Bonchev–Trinajstić information content (AvgIpc) is 2.35. The number of aliphatic hydroxyl groups is 1. The highest BCUT2D eigenvalue weighted by Crippen LogP contribution is 2.37. The van der Waals surface area contributed by atoms with Crippen LogP contribution in [0.3, 0.4) is 0 Å². The second kappa shape index (κ2) is 6.85. The van der Waals surface area contributed by atoms with E-state index in [0.717, 1.165) is 0 Å². The third kappa shape index (κ3) is 5.73. The van der Waals surface area contributed by atoms with Gasteiger partial charge in [-0.2, -0.15) is 13.2 Å². The Kier molecular flexibility index (Phi) is 5.90. The fourth-order valence-corrected chi connectivity index (χ4v) is 2.32. The van der Waals surface area contributed by atoms with E-state index in [1.165, 1.54) is 0 Å². The second-order valence-corrected chi connectivity index (χ2v) is 6.44. The minimum absolute atomic E-state index is 0.0397. The molecule has 3 N–H and O–H groups in total. The fourth-order valence-electron chi connectivity index (χ4n) is 2.32. The topological polar surface area (TPSA) is 61.4 Å². The third-order valence-electron chi connectivity index (χ3n) is 4.32. The minimum Gasteiger partial charge on any atom is -0.388 e. The molecule has 0 saturated heterocycles. The molecule has 3 atom stereocenters. The molecular formula is C14H25F3N2O2. The Bertz CT molecular complexity index is 357. The van der Waals surface area contributed by atoms with Crippen LogP contribution in [0.1, 0.15) is 46.5 Å². The lowest BCUT2D eigenvalue weighted by Gasteiger charge is -2.32. The smallest absolute Gasteiger partial charge is 0.388 e. The van der Waals surface area contributed by atoms with Gasteiger partial charge >= 0.3 is 12.2 Å². The maximum Gasteiger partial charge on any atom is 0.391 e. The van der Waals surface area contributed by atoms with Crippen molar-refractivity contribution in [1.29, 1.82) is 0 Å². The average molecular weight is 310 g/mol. The summed E-state index contributed by atoms with van der Waals surface area (Å²) in [6.45, 7) is 5.33. The predicted molar refractivity (Wildman–Crippen MR) is 73.8 cm³/mol. The van der Waals surface area contributed by atoms with Crippen molar-refractivity contribution >= 4 is 6.03 Å². The van der Waals surface area contributed by atoms with Crippen molar-refractivity contribution in [1.82, 2.24) is 10.6 Å². The Morgan fingerprint density at radius 1 is 1.33 bits per heavy atom. The van der Waals surface area contributed by atoms with Crippen molar-refractivity contribution in [2.45, 2.75) is 64.3 Å². The van der Waals surface area contributed by atoms with Crippen molar-refractivity contribution in [2.75, 3.05) is 6.54 Å². The monoisotopic (exact) mass is 310 g/mol. The fraction of sp³-hybridized carbons (Fsp3) is 0.929. The Labute approximate surface area is 123 Å². The zero-order valence-corrected chi connectivity index (χ0v) is 12.8. The summed E-state index contributed by atoms with van der Waals surface area (Å²) in [4.78, 5) is 11.7. The van der Waals surface area contributed by atoms with Crippen LogP contribution in [0.4, 0.5) is 18.0 Å². The van der Waals surface area contributed by atoms with Gasteiger partial charge in [0.15, 0.2) is 0 Å². The quantitative estimate of drug-likeness (QED) is 0.748. The van der Waals surface area contributed by atoms with E-state index in [4.69, 9.17) is 0 Å². The second-order valence-electron chi connectivity index (χ2n) is 6.44. The summed E-state index contributed by atoms with van der Waals surface area (Å²) in [6.07, 6.45) is -3.12. The van der Waals surface area contributed by atoms with Crippen LogP contribution in [0.25, 0.3) is 0 Å². The summed E-state index contributed by atoms with van der Waals surface area (Å²) in [5.41, 5.74) is -1.04. The number of hydrogen-bond acceptors (Lipinski definition) is 2. The van der Waals surface area contributed by atoms with Crippen LogP contribution in [-0.4, -0.2) is 35.5 Å². The van der Waals surface area contributed by atoms with E-state index >= 15 is 0 Å². The van der Waals surface area contributed by atoms with Gasteiger partial charge in [-0.25, -0.2) is 4.79 Å². The Hall–Kier alpha value is -0.980. The first-order chi connectivity index (χ1) is 9.52. The maximum atomic E-state index is 12.7. The molecule has 0 aliphatic heterocycles. The molecule has 4 nitrogen and oxygen atoms in total. The molecule has 0 bridgehead atoms. The summed E-state index contributed by atoms with van der Waals surface area (Å²) in [5, 5.41) is 15.1. The first-order valence-electron chi connectivity index (χ1n) is 7.36. The highest BCUT2D eigenvalue weighted by Gasteiger charge is 2.42. The molecule has 0 radical (unpaired) electrons. The highest BCUT2D eigenvalue weighted by atomic mass is 19.4. The van der Waals surface area contributed by atoms with Gasteiger partial charge in [-0.1, -0.05) is 20.3 Å². The normalized spacial score (nSPS) is 26.3. The van der Waals surface area contributed by atoms with E-state index in [1.54, 1.807) is 6.92 Å². The van der Waals surface area contributed by atoms with Gasteiger partial charge in [0.25, 0.3) is 0 Å². The van der Waals surface area contributed by atoms with Crippen molar-refractivity contribution in [2.24, 2.45) is 11.8 Å². The first kappa shape index (κ1) is 18.1. The highest BCUT2D eigenvalue weighted by molar-refractivity contribution is 5.74. The minimum atomic E-state index is -4.20. The molecule has 0 aromatic rings. The van der Waals surface area contributed by atoms with Gasteiger partial charge in [-0.3, -0.25) is 0 Å². The maximum absolute atomic E-state index is 12.7. The van der Waals surface area contributed by atoms with Crippen LogP contribution in [0.15, 0.2) is 0 Å². The molecule has 1 rings (SSSR count). The lowest BCUT2D eigenvalue weighted by Crippen LogP contribution is -2.50. The van der Waals surface area contributed by atoms with Gasteiger partial charge < -0.3 is 15.7 Å². The number of alkyl halides is 3. The molecule has 7 heteroatoms. The lowest BCUT2D eigenvalue weighted by atomic mass is 9.85. The number of halogens is 3. The first-order valence-corrected chi connectivity index (χ1v) is 7.36. The molecule has 1 aliphatic rings. The standard InChI is InChI=1S/C14H25F3N2O2/c1-9(2)13(3,21)8-18-12(20)19-11-6-4-5-10(7-11)14(15,16)17/h9-11,21H,4-8H2,1-3H3,(H2,18,19,20). The Morgan fingerprint density at radius 2 is 1.95 bits per heavy atom. The zero-order chi connectivity index (χ0) is 16.3. The van der Waals surface area contributed by atoms with Crippen LogP contribution < -0.4 is 10.6 Å². The van der Waals surface area contributed by atoms with E-state index in [-0.39, 0.29) is 25.3 Å². The van der Waals surface area contributed by atoms with Crippen LogP contribution in [0.2, 0.25) is 0 Å². The van der Waals surface area contributed by atoms with E-state index in [9.17, 15) is 23.1 Å². The number of carbonyl (C=O) groups is 1. The van der Waals surface area contributed by atoms with Gasteiger partial charge in [0.1, 0.15) is 0 Å². The molecule has 0 spiro atoms. The molecule has 0 aromatic carbocycles. The van der Waals surface area contributed by atoms with Gasteiger partial charge in [0.05, 0.1) is 11.5 Å². The molecular weight excluding hydrogens is 285 g/mol. The van der Waals surface area contributed by atoms with Gasteiger partial charge in [0.2, 0.25) is 0 Å². The summed E-state index contributed by atoms with van der Waals surface area (Å²) in [7, 11) is 0. The zero-order valence-electron chi connectivity index (χ0n) is 12.8. The third-order valence-corrected chi connectivity index (χ3v) is 4.32. The number of hydrogen-bond donors (Lipinski definition) is 3. The summed E-state index contributed by atoms with van der Waals surface area (Å²) in [6, 6.07) is -0.988. The molecule has 3 unspecified atom stereocenters. The molecule has 0 heterocycles. The van der Waals surface area contributed by atoms with Crippen LogP contribution in [0, 0.1) is 11.8 Å². The largest absolute Gasteiger partial charge is 0.391 e. The molecule has 21 heavy (non-hydrogen) atoms. The number of urea groups is 1. The van der Waals surface area contributed by atoms with Gasteiger partial charge in [-0.05, 0) is 32.1 Å². The predicted octanol–water partition coefficient (Wildman–Crippen LogP) is 2.81. The van der Waals surface area contributed by atoms with Crippen LogP contribution >= 0.6 is 0 Å². The molecule has 2 amide bonds. The number of rotatable bonds is 4. The SMILES string of the molecule is CC(C)C(C)(O)CNC(=O)NC1CCCC(C(F)(F)F)C1. The van der Waals surface area contributed by atoms with Crippen LogP contribution in [0.5, 0.6) is 0 Å². The lowest BCUT2D eigenvalue weighted by molar-refractivity contribution is -0.183. The number of carbonyl (C=O) groups excluding carboxylic acids is 1. The number of nitrogens with one attached hydrogen (secondary N) is 2. The summed E-state index contributed by atoms with van der Waals surface area (Å²) < 4.78 is 38.1. The van der Waals surface area contributed by atoms with E-state index in [2.05, 4.69) is 10.6 Å². The van der Waals surface area contributed by atoms with E-state index < -0.39 is 29.8 Å². The Morgan fingerprint density at radius 3 is 2.48 bits per heavy atom. The van der Waals surface area contributed by atoms with E-state index in [0.29, 0.717) is 12.8 Å². The molecule has 1 saturated carbocycles. The molecule has 1 aliphatic carbocycles. The van der Waals surface area contributed by atoms with Crippen molar-refractivity contribution in [3.63, 3.8) is 0 Å². The van der Waals surface area contributed by atoms with Crippen molar-refractivity contribution in [3.8, 4) is 0 Å². The van der Waals surface area contributed by atoms with E-state index in [1.807, 2.05) is 13.8 Å². The summed E-state index contributed by atoms with van der Waals surface area (Å²) in [5.74, 6) is -1.38. The molecule has 1 fully saturated rings. The van der Waals surface area contributed by atoms with Crippen molar-refractivity contribution < 1.29 is 23.1 Å². The van der Waals surface area contributed by atoms with Gasteiger partial charge in [-0.15, -0.1) is 0 Å². The number of amides is 2. The Balaban J connectivity index is 2.41. The molecule has 0 aromatic heterocycles. The van der Waals surface area contributed by atoms with Gasteiger partial charge in [0, 0.05) is 12.6 Å².